The maximum Gasteiger partial charge on any atom is 0.223 e. The summed E-state index contributed by atoms with van der Waals surface area (Å²) < 4.78 is 0. The number of aromatic nitrogens is 3. The summed E-state index contributed by atoms with van der Waals surface area (Å²) in [6.07, 6.45) is 6.31. The van der Waals surface area contributed by atoms with Crippen molar-refractivity contribution in [2.75, 3.05) is 38.5 Å². The number of piperazine rings is 3. The van der Waals surface area contributed by atoms with E-state index in [1.165, 1.54) is 45.2 Å². The van der Waals surface area contributed by atoms with Gasteiger partial charge in [-0.05, 0) is 12.8 Å². The Morgan fingerprint density at radius 2 is 1.57 bits per heavy atom. The molecule has 2 bridgehead atoms. The predicted molar refractivity (Wildman–Crippen MR) is 80.8 cm³/mol. The van der Waals surface area contributed by atoms with Gasteiger partial charge < -0.3 is 5.73 Å². The molecule has 6 nitrogen and oxygen atoms in total. The molecule has 21 heavy (non-hydrogen) atoms. The Labute approximate surface area is 125 Å². The molecule has 3 saturated heterocycles. The molecular weight excluding hydrogens is 264 g/mol. The van der Waals surface area contributed by atoms with E-state index >= 15 is 0 Å². The summed E-state index contributed by atoms with van der Waals surface area (Å²) in [5.74, 6) is 2.72. The van der Waals surface area contributed by atoms with Crippen molar-refractivity contribution in [3.8, 4) is 0 Å². The number of hydrogen-bond donors (Lipinski definition) is 1. The van der Waals surface area contributed by atoms with Crippen molar-refractivity contribution in [1.29, 1.82) is 0 Å². The monoisotopic (exact) mass is 288 g/mol. The number of fused-ring (bicyclic) bond motifs is 3. The van der Waals surface area contributed by atoms with Crippen LogP contribution in [-0.2, 0) is 0 Å². The number of anilines is 1. The topological polar surface area (TPSA) is 71.2 Å². The number of nitrogens with zero attached hydrogens (tertiary/aromatic N) is 5. The molecule has 0 radical (unpaired) electrons. The summed E-state index contributed by atoms with van der Waals surface area (Å²) in [4.78, 5) is 18.7. The second kappa shape index (κ2) is 5.50. The van der Waals surface area contributed by atoms with Crippen molar-refractivity contribution in [2.45, 2.75) is 44.1 Å². The second-order valence-corrected chi connectivity index (χ2v) is 6.60. The Hall–Kier alpha value is -1.27. The normalized spacial score (nSPS) is 33.2. The lowest BCUT2D eigenvalue weighted by Gasteiger charge is -2.46. The van der Waals surface area contributed by atoms with Gasteiger partial charge in [-0.3, -0.25) is 9.80 Å². The summed E-state index contributed by atoms with van der Waals surface area (Å²) in [5.41, 5.74) is 5.98. The summed E-state index contributed by atoms with van der Waals surface area (Å²) in [7, 11) is 0. The van der Waals surface area contributed by atoms with Gasteiger partial charge in [0.1, 0.15) is 5.82 Å². The van der Waals surface area contributed by atoms with E-state index in [2.05, 4.69) is 19.8 Å². The fourth-order valence-corrected chi connectivity index (χ4v) is 3.98. The zero-order valence-electron chi connectivity index (χ0n) is 12.5. The quantitative estimate of drug-likeness (QED) is 0.881. The highest BCUT2D eigenvalue weighted by atomic mass is 15.4. The molecule has 0 aromatic carbocycles. The predicted octanol–water partition coefficient (Wildman–Crippen LogP) is 1.17. The molecule has 1 aromatic heterocycles. The van der Waals surface area contributed by atoms with Crippen molar-refractivity contribution < 1.29 is 0 Å². The molecule has 0 spiro atoms. The molecule has 1 aromatic rings. The number of nitrogens with two attached hydrogens (primary N) is 1. The second-order valence-electron chi connectivity index (χ2n) is 6.60. The number of rotatable bonds is 2. The SMILES string of the molecule is Nc1nc(C2CCCCC2)nc(C2CN3CCN2CC3)n1. The van der Waals surface area contributed by atoms with Crippen molar-refractivity contribution in [1.82, 2.24) is 24.8 Å². The van der Waals surface area contributed by atoms with Gasteiger partial charge in [0.05, 0.1) is 6.04 Å². The molecule has 1 atom stereocenters. The third-order valence-electron chi connectivity index (χ3n) is 5.23. The van der Waals surface area contributed by atoms with Crippen LogP contribution in [0.5, 0.6) is 0 Å². The van der Waals surface area contributed by atoms with Crippen LogP contribution in [0.4, 0.5) is 5.95 Å². The van der Waals surface area contributed by atoms with Crippen LogP contribution in [0.25, 0.3) is 0 Å². The van der Waals surface area contributed by atoms with Gasteiger partial charge in [-0.25, -0.2) is 4.98 Å². The molecule has 114 valence electrons. The van der Waals surface area contributed by atoms with E-state index < -0.39 is 0 Å². The lowest BCUT2D eigenvalue weighted by molar-refractivity contribution is 0.00847. The van der Waals surface area contributed by atoms with Crippen LogP contribution in [0.15, 0.2) is 0 Å². The zero-order valence-corrected chi connectivity index (χ0v) is 12.5. The van der Waals surface area contributed by atoms with E-state index in [-0.39, 0.29) is 0 Å². The number of hydrogen-bond acceptors (Lipinski definition) is 6. The van der Waals surface area contributed by atoms with Crippen LogP contribution in [0.1, 0.15) is 55.7 Å². The molecule has 6 heteroatoms. The Kier molecular flexibility index (Phi) is 3.51. The average Bonchev–Trinajstić information content (AvgIpc) is 2.56. The third-order valence-corrected chi connectivity index (χ3v) is 5.23. The van der Waals surface area contributed by atoms with Crippen molar-refractivity contribution in [3.05, 3.63) is 11.6 Å². The van der Waals surface area contributed by atoms with Gasteiger partial charge in [-0.15, -0.1) is 0 Å². The van der Waals surface area contributed by atoms with E-state index in [1.54, 1.807) is 0 Å². The van der Waals surface area contributed by atoms with Crippen LogP contribution in [0, 0.1) is 0 Å². The fourth-order valence-electron chi connectivity index (χ4n) is 3.98. The lowest BCUT2D eigenvalue weighted by Crippen LogP contribution is -2.57. The number of nitrogen functional groups attached to an aromatic ring is 1. The smallest absolute Gasteiger partial charge is 0.223 e. The van der Waals surface area contributed by atoms with E-state index in [0.29, 0.717) is 17.9 Å². The largest absolute Gasteiger partial charge is 0.368 e. The van der Waals surface area contributed by atoms with Crippen LogP contribution in [0.3, 0.4) is 0 Å². The molecule has 4 aliphatic rings. The van der Waals surface area contributed by atoms with E-state index in [0.717, 1.165) is 31.3 Å². The van der Waals surface area contributed by atoms with Gasteiger partial charge in [0.2, 0.25) is 5.95 Å². The first-order valence-electron chi connectivity index (χ1n) is 8.27. The Balaban J connectivity index is 1.61. The minimum absolute atomic E-state index is 0.306. The van der Waals surface area contributed by atoms with Gasteiger partial charge in [0.15, 0.2) is 5.82 Å². The van der Waals surface area contributed by atoms with Crippen molar-refractivity contribution >= 4 is 5.95 Å². The summed E-state index contributed by atoms with van der Waals surface area (Å²) in [6.45, 7) is 5.62. The maximum absolute atomic E-state index is 5.98. The molecule has 0 amide bonds. The van der Waals surface area contributed by atoms with Gasteiger partial charge >= 0.3 is 0 Å². The minimum Gasteiger partial charge on any atom is -0.368 e. The Morgan fingerprint density at radius 1 is 0.857 bits per heavy atom. The zero-order chi connectivity index (χ0) is 14.2. The molecule has 5 rings (SSSR count). The van der Waals surface area contributed by atoms with Crippen LogP contribution in [0.2, 0.25) is 0 Å². The Bertz CT molecular complexity index is 505. The molecule has 4 heterocycles. The average molecular weight is 288 g/mol. The first kappa shape index (κ1) is 13.4. The molecule has 1 unspecified atom stereocenters. The van der Waals surface area contributed by atoms with Gasteiger partial charge in [-0.1, -0.05) is 19.3 Å². The first-order valence-corrected chi connectivity index (χ1v) is 8.27. The van der Waals surface area contributed by atoms with Gasteiger partial charge in [0.25, 0.3) is 0 Å². The molecule has 4 fully saturated rings. The van der Waals surface area contributed by atoms with E-state index in [4.69, 9.17) is 10.7 Å². The lowest BCUT2D eigenvalue weighted by atomic mass is 9.88. The van der Waals surface area contributed by atoms with Crippen LogP contribution in [-0.4, -0.2) is 57.5 Å². The first-order chi connectivity index (χ1) is 10.3. The molecule has 3 aliphatic heterocycles. The van der Waals surface area contributed by atoms with E-state index in [9.17, 15) is 0 Å². The molecule has 2 N–H and O–H groups in total. The summed E-state index contributed by atoms with van der Waals surface area (Å²) in [6, 6.07) is 0.306. The molecule has 1 saturated carbocycles. The van der Waals surface area contributed by atoms with Crippen LogP contribution >= 0.6 is 0 Å². The maximum atomic E-state index is 5.98. The van der Waals surface area contributed by atoms with Gasteiger partial charge in [0, 0.05) is 38.6 Å². The fraction of sp³-hybridized carbons (Fsp3) is 0.800. The van der Waals surface area contributed by atoms with Crippen molar-refractivity contribution in [3.63, 3.8) is 0 Å². The standard InChI is InChI=1S/C15H24N6/c16-15-18-13(11-4-2-1-3-5-11)17-14(19-15)12-10-20-6-8-21(12)9-7-20/h11-12H,1-10H2,(H2,16,17,18,19). The summed E-state index contributed by atoms with van der Waals surface area (Å²) in [5, 5.41) is 0. The highest BCUT2D eigenvalue weighted by molar-refractivity contribution is 5.20. The van der Waals surface area contributed by atoms with Crippen LogP contribution < -0.4 is 5.73 Å². The van der Waals surface area contributed by atoms with E-state index in [1.807, 2.05) is 0 Å². The Morgan fingerprint density at radius 3 is 2.24 bits per heavy atom. The minimum atomic E-state index is 0.306. The highest BCUT2D eigenvalue weighted by Crippen LogP contribution is 2.32. The summed E-state index contributed by atoms with van der Waals surface area (Å²) >= 11 is 0. The molecule has 1 aliphatic carbocycles. The third kappa shape index (κ3) is 2.62. The van der Waals surface area contributed by atoms with Gasteiger partial charge in [-0.2, -0.15) is 9.97 Å². The molecular formula is C15H24N6. The highest BCUT2D eigenvalue weighted by Gasteiger charge is 2.35. The van der Waals surface area contributed by atoms with Crippen molar-refractivity contribution in [2.24, 2.45) is 0 Å².